The molecule has 0 heterocycles. The van der Waals surface area contributed by atoms with Gasteiger partial charge in [0, 0.05) is 18.8 Å². The van der Waals surface area contributed by atoms with Crippen LogP contribution in [0.1, 0.15) is 59.3 Å². The Morgan fingerprint density at radius 1 is 1.23 bits per heavy atom. The third-order valence-corrected chi connectivity index (χ3v) is 6.14. The molecule has 0 bridgehead atoms. The van der Waals surface area contributed by atoms with E-state index in [-0.39, 0.29) is 42.2 Å². The first-order chi connectivity index (χ1) is 14.1. The van der Waals surface area contributed by atoms with E-state index >= 15 is 0 Å². The Balaban J connectivity index is 2.02. The second-order valence-electron chi connectivity index (χ2n) is 9.14. The molecule has 2 rings (SSSR count). The van der Waals surface area contributed by atoms with Crippen molar-refractivity contribution in [3.05, 3.63) is 23.8 Å². The van der Waals surface area contributed by atoms with E-state index < -0.39 is 24.3 Å². The average molecular weight is 425 g/mol. The fraction of sp³-hybridized carbons (Fsp3) is 0.739. The van der Waals surface area contributed by atoms with Crippen LogP contribution in [0.3, 0.4) is 0 Å². The van der Waals surface area contributed by atoms with E-state index in [1.54, 1.807) is 0 Å². The van der Waals surface area contributed by atoms with Crippen molar-refractivity contribution in [1.82, 2.24) is 0 Å². The number of aliphatic hydroxyl groups excluding tert-OH is 3. The molecule has 0 aromatic carbocycles. The van der Waals surface area contributed by atoms with E-state index in [2.05, 4.69) is 13.0 Å². The van der Waals surface area contributed by atoms with Crippen LogP contribution in [0.15, 0.2) is 23.8 Å². The summed E-state index contributed by atoms with van der Waals surface area (Å²) in [4.78, 5) is 23.1. The Morgan fingerprint density at radius 2 is 1.93 bits per heavy atom. The number of allylic oxidation sites excluding steroid dienone is 2. The van der Waals surface area contributed by atoms with Gasteiger partial charge in [-0.05, 0) is 36.2 Å². The summed E-state index contributed by atoms with van der Waals surface area (Å²) in [7, 11) is 0. The number of ether oxygens (including phenoxy) is 1. The van der Waals surface area contributed by atoms with Gasteiger partial charge in [0.05, 0.1) is 12.2 Å². The highest BCUT2D eigenvalue weighted by atomic mass is 16.5. The zero-order valence-corrected chi connectivity index (χ0v) is 18.1. The number of hydrogen-bond donors (Lipinski definition) is 4. The van der Waals surface area contributed by atoms with Gasteiger partial charge >= 0.3 is 11.9 Å². The summed E-state index contributed by atoms with van der Waals surface area (Å²) in [5, 5.41) is 38.2. The molecule has 170 valence electrons. The number of hydrogen-bond acceptors (Lipinski definition) is 6. The molecular formula is C23H36O7. The predicted molar refractivity (Wildman–Crippen MR) is 111 cm³/mol. The number of esters is 1. The van der Waals surface area contributed by atoms with Gasteiger partial charge in [-0.2, -0.15) is 0 Å². The zero-order valence-electron chi connectivity index (χ0n) is 18.1. The van der Waals surface area contributed by atoms with Crippen LogP contribution in [-0.2, 0) is 14.3 Å². The summed E-state index contributed by atoms with van der Waals surface area (Å²) in [6, 6.07) is 0. The van der Waals surface area contributed by atoms with Gasteiger partial charge in [0.1, 0.15) is 6.10 Å². The van der Waals surface area contributed by atoms with Crippen molar-refractivity contribution in [2.75, 3.05) is 0 Å². The Bertz CT molecular complexity index is 654. The Labute approximate surface area is 178 Å². The zero-order chi connectivity index (χ0) is 22.4. The van der Waals surface area contributed by atoms with Crippen molar-refractivity contribution >= 4 is 11.9 Å². The van der Waals surface area contributed by atoms with Crippen molar-refractivity contribution in [2.45, 2.75) is 83.7 Å². The van der Waals surface area contributed by atoms with Crippen molar-refractivity contribution < 1.29 is 34.8 Å². The van der Waals surface area contributed by atoms with Gasteiger partial charge in [-0.25, -0.2) is 4.79 Å². The molecule has 2 aliphatic rings. The van der Waals surface area contributed by atoms with Gasteiger partial charge < -0.3 is 25.2 Å². The standard InChI is InChI=1S/C23H36O7/c1-13(2)10-20(26)30-19-12-16(24)11-15-9-8-14(3)17(21(15)19)6-4-5-7-18(25)22(27)23(28)29/h8-9,11,13-14,16-19,21-22,24-25,27H,4-7,10,12H2,1-3H3,(H,28,29). The highest BCUT2D eigenvalue weighted by Gasteiger charge is 2.41. The first kappa shape index (κ1) is 24.6. The van der Waals surface area contributed by atoms with E-state index in [1.165, 1.54) is 0 Å². The molecule has 7 heteroatoms. The first-order valence-corrected chi connectivity index (χ1v) is 11.0. The summed E-state index contributed by atoms with van der Waals surface area (Å²) >= 11 is 0. The number of carbonyl (C=O) groups excluding carboxylic acids is 1. The van der Waals surface area contributed by atoms with Crippen LogP contribution in [0.25, 0.3) is 0 Å². The molecule has 0 amide bonds. The minimum atomic E-state index is -1.76. The Hall–Kier alpha value is -1.70. The number of carboxylic acid groups (broad SMARTS) is 1. The predicted octanol–water partition coefficient (Wildman–Crippen LogP) is 2.44. The minimum Gasteiger partial charge on any atom is -0.479 e. The Morgan fingerprint density at radius 3 is 2.57 bits per heavy atom. The summed E-state index contributed by atoms with van der Waals surface area (Å²) in [5.41, 5.74) is 1.00. The summed E-state index contributed by atoms with van der Waals surface area (Å²) in [5.74, 6) is -0.964. The molecule has 2 aliphatic carbocycles. The summed E-state index contributed by atoms with van der Waals surface area (Å²) < 4.78 is 5.81. The number of carboxylic acids is 1. The van der Waals surface area contributed by atoms with Gasteiger partial charge in [0.25, 0.3) is 0 Å². The molecule has 4 N–H and O–H groups in total. The quantitative estimate of drug-likeness (QED) is 0.314. The third-order valence-electron chi connectivity index (χ3n) is 6.14. The molecular weight excluding hydrogens is 388 g/mol. The molecule has 30 heavy (non-hydrogen) atoms. The topological polar surface area (TPSA) is 124 Å². The second kappa shape index (κ2) is 11.1. The van der Waals surface area contributed by atoms with Crippen LogP contribution in [0, 0.1) is 23.7 Å². The third kappa shape index (κ3) is 6.65. The molecule has 0 saturated carbocycles. The fourth-order valence-corrected chi connectivity index (χ4v) is 4.59. The highest BCUT2D eigenvalue weighted by Crippen LogP contribution is 2.44. The van der Waals surface area contributed by atoms with Crippen molar-refractivity contribution in [3.63, 3.8) is 0 Å². The second-order valence-corrected chi connectivity index (χ2v) is 9.14. The maximum Gasteiger partial charge on any atom is 0.335 e. The van der Waals surface area contributed by atoms with E-state index in [4.69, 9.17) is 9.84 Å². The smallest absolute Gasteiger partial charge is 0.335 e. The number of carbonyl (C=O) groups is 2. The largest absolute Gasteiger partial charge is 0.479 e. The molecule has 0 saturated heterocycles. The van der Waals surface area contributed by atoms with Gasteiger partial charge in [-0.15, -0.1) is 0 Å². The van der Waals surface area contributed by atoms with Crippen molar-refractivity contribution in [2.24, 2.45) is 23.7 Å². The number of aliphatic carboxylic acids is 1. The van der Waals surface area contributed by atoms with Crippen LogP contribution >= 0.6 is 0 Å². The molecule has 0 spiro atoms. The molecule has 0 radical (unpaired) electrons. The lowest BCUT2D eigenvalue weighted by molar-refractivity contribution is -0.156. The van der Waals surface area contributed by atoms with Crippen molar-refractivity contribution in [3.8, 4) is 0 Å². The van der Waals surface area contributed by atoms with Gasteiger partial charge in [-0.1, -0.05) is 51.8 Å². The first-order valence-electron chi connectivity index (χ1n) is 11.0. The van der Waals surface area contributed by atoms with E-state index in [1.807, 2.05) is 26.0 Å². The van der Waals surface area contributed by atoms with E-state index in [9.17, 15) is 24.9 Å². The van der Waals surface area contributed by atoms with E-state index in [0.29, 0.717) is 19.3 Å². The van der Waals surface area contributed by atoms with Crippen LogP contribution in [0.5, 0.6) is 0 Å². The van der Waals surface area contributed by atoms with Crippen LogP contribution in [0.2, 0.25) is 0 Å². The lowest BCUT2D eigenvalue weighted by atomic mass is 9.66. The fourth-order valence-electron chi connectivity index (χ4n) is 4.59. The lowest BCUT2D eigenvalue weighted by Crippen LogP contribution is -2.42. The molecule has 0 fully saturated rings. The maximum atomic E-state index is 12.3. The van der Waals surface area contributed by atoms with Crippen LogP contribution < -0.4 is 0 Å². The number of unbranched alkanes of at least 4 members (excludes halogenated alkanes) is 1. The molecule has 7 nitrogen and oxygen atoms in total. The van der Waals surface area contributed by atoms with Crippen LogP contribution in [0.4, 0.5) is 0 Å². The molecule has 0 aliphatic heterocycles. The van der Waals surface area contributed by atoms with Gasteiger partial charge in [0.15, 0.2) is 6.10 Å². The molecule has 0 aromatic heterocycles. The molecule has 0 aromatic rings. The molecule has 7 unspecified atom stereocenters. The van der Waals surface area contributed by atoms with Gasteiger partial charge in [0.2, 0.25) is 0 Å². The summed E-state index contributed by atoms with van der Waals surface area (Å²) in [6.45, 7) is 6.05. The SMILES string of the molecule is CC(C)CC(=O)OC1CC(O)C=C2C=CC(C)C(CCCCC(O)C(O)C(=O)O)C21. The summed E-state index contributed by atoms with van der Waals surface area (Å²) in [6.07, 6.45) is 5.03. The Kier molecular flexibility index (Phi) is 9.07. The maximum absolute atomic E-state index is 12.3. The lowest BCUT2D eigenvalue weighted by Gasteiger charge is -2.42. The highest BCUT2D eigenvalue weighted by molar-refractivity contribution is 5.72. The minimum absolute atomic E-state index is 0.0130. The monoisotopic (exact) mass is 424 g/mol. The van der Waals surface area contributed by atoms with Gasteiger partial charge in [-0.3, -0.25) is 4.79 Å². The average Bonchev–Trinajstić information content (AvgIpc) is 2.64. The number of fused-ring (bicyclic) bond motifs is 1. The van der Waals surface area contributed by atoms with Crippen molar-refractivity contribution in [1.29, 1.82) is 0 Å². The van der Waals surface area contributed by atoms with E-state index in [0.717, 1.165) is 18.4 Å². The number of aliphatic hydroxyl groups is 3. The molecule has 7 atom stereocenters. The number of rotatable bonds is 10. The normalized spacial score (nSPS) is 30.4. The van der Waals surface area contributed by atoms with Crippen LogP contribution in [-0.4, -0.2) is 56.8 Å².